The number of hydrogen-bond donors (Lipinski definition) is 2. The molecule has 1 aliphatic rings. The molecule has 2 rings (SSSR count). The number of hydrazine groups is 1. The lowest BCUT2D eigenvalue weighted by Crippen LogP contribution is -2.44. The van der Waals surface area contributed by atoms with Gasteiger partial charge in [0.25, 0.3) is 0 Å². The van der Waals surface area contributed by atoms with E-state index in [1.807, 2.05) is 0 Å². The van der Waals surface area contributed by atoms with Gasteiger partial charge in [-0.3, -0.25) is 11.3 Å². The van der Waals surface area contributed by atoms with Crippen molar-refractivity contribution in [2.75, 3.05) is 7.11 Å². The summed E-state index contributed by atoms with van der Waals surface area (Å²) < 4.78 is 5.46. The number of nitrogens with two attached hydrogens (primary N) is 1. The first-order chi connectivity index (χ1) is 8.57. The van der Waals surface area contributed by atoms with Crippen molar-refractivity contribution in [3.8, 4) is 0 Å². The second-order valence-corrected chi connectivity index (χ2v) is 5.79. The molecule has 18 heavy (non-hydrogen) atoms. The smallest absolute Gasteiger partial charge is 0.0623 e. The van der Waals surface area contributed by atoms with Crippen molar-refractivity contribution < 1.29 is 4.74 Å². The number of nitrogens with one attached hydrogen (secondary N) is 1. The van der Waals surface area contributed by atoms with E-state index in [4.69, 9.17) is 10.6 Å². The van der Waals surface area contributed by atoms with Gasteiger partial charge in [-0.15, -0.1) is 0 Å². The van der Waals surface area contributed by atoms with Crippen molar-refractivity contribution in [1.82, 2.24) is 5.43 Å². The van der Waals surface area contributed by atoms with Crippen LogP contribution in [0.2, 0.25) is 0 Å². The van der Waals surface area contributed by atoms with Crippen LogP contribution in [0, 0.1) is 0 Å². The fourth-order valence-corrected chi connectivity index (χ4v) is 2.66. The molecule has 3 N–H and O–H groups in total. The highest BCUT2D eigenvalue weighted by atomic mass is 16.5. The summed E-state index contributed by atoms with van der Waals surface area (Å²) in [5.74, 6) is 6.27. The van der Waals surface area contributed by atoms with Crippen LogP contribution in [0.3, 0.4) is 0 Å². The zero-order chi connectivity index (χ0) is 13.2. The molecule has 2 atom stereocenters. The second kappa shape index (κ2) is 5.39. The lowest BCUT2D eigenvalue weighted by atomic mass is 9.72. The van der Waals surface area contributed by atoms with E-state index >= 15 is 0 Å². The minimum atomic E-state index is -0.0711. The summed E-state index contributed by atoms with van der Waals surface area (Å²) in [6, 6.07) is 8.98. The van der Waals surface area contributed by atoms with E-state index in [0.29, 0.717) is 12.0 Å². The van der Waals surface area contributed by atoms with E-state index in [9.17, 15) is 0 Å². The highest BCUT2D eigenvalue weighted by Crippen LogP contribution is 2.38. The van der Waals surface area contributed by atoms with Gasteiger partial charge >= 0.3 is 0 Å². The summed E-state index contributed by atoms with van der Waals surface area (Å²) in [6.07, 6.45) is 3.19. The van der Waals surface area contributed by atoms with Crippen LogP contribution in [0.4, 0.5) is 0 Å². The summed E-state index contributed by atoms with van der Waals surface area (Å²) in [4.78, 5) is 0. The van der Waals surface area contributed by atoms with Crippen molar-refractivity contribution in [3.05, 3.63) is 35.4 Å². The standard InChI is InChI=1S/C15H24N2O/c1-15(2,18-3)9-8-14(17-16)13-10-11-6-4-5-7-12(11)13/h4-7,13-14,17H,8-10,16H2,1-3H3. The van der Waals surface area contributed by atoms with Crippen LogP contribution in [0.1, 0.15) is 43.7 Å². The minimum absolute atomic E-state index is 0.0711. The number of ether oxygens (including phenoxy) is 1. The van der Waals surface area contributed by atoms with E-state index in [0.717, 1.165) is 19.3 Å². The van der Waals surface area contributed by atoms with Crippen molar-refractivity contribution >= 4 is 0 Å². The SMILES string of the molecule is COC(C)(C)CCC(NN)C1Cc2ccccc21. The minimum Gasteiger partial charge on any atom is -0.379 e. The van der Waals surface area contributed by atoms with Crippen LogP contribution in [0.25, 0.3) is 0 Å². The van der Waals surface area contributed by atoms with E-state index in [2.05, 4.69) is 43.5 Å². The van der Waals surface area contributed by atoms with E-state index in [-0.39, 0.29) is 5.60 Å². The second-order valence-electron chi connectivity index (χ2n) is 5.79. The summed E-state index contributed by atoms with van der Waals surface area (Å²) in [5, 5.41) is 0. The molecule has 0 saturated carbocycles. The molecule has 3 nitrogen and oxygen atoms in total. The van der Waals surface area contributed by atoms with Gasteiger partial charge in [0.1, 0.15) is 0 Å². The molecule has 100 valence electrons. The Hall–Kier alpha value is -0.900. The highest BCUT2D eigenvalue weighted by Gasteiger charge is 2.33. The topological polar surface area (TPSA) is 47.3 Å². The molecular weight excluding hydrogens is 224 g/mol. The van der Waals surface area contributed by atoms with Crippen LogP contribution in [-0.4, -0.2) is 18.8 Å². The monoisotopic (exact) mass is 248 g/mol. The van der Waals surface area contributed by atoms with Crippen LogP contribution < -0.4 is 11.3 Å². The fourth-order valence-electron chi connectivity index (χ4n) is 2.66. The number of methoxy groups -OCH3 is 1. The highest BCUT2D eigenvalue weighted by molar-refractivity contribution is 5.41. The van der Waals surface area contributed by atoms with E-state index in [1.54, 1.807) is 7.11 Å². The van der Waals surface area contributed by atoms with Crippen LogP contribution >= 0.6 is 0 Å². The molecule has 0 aromatic heterocycles. The third-order valence-electron chi connectivity index (χ3n) is 4.20. The number of benzene rings is 1. The van der Waals surface area contributed by atoms with Gasteiger partial charge in [-0.1, -0.05) is 24.3 Å². The maximum Gasteiger partial charge on any atom is 0.0623 e. The molecule has 0 aliphatic heterocycles. The van der Waals surface area contributed by atoms with E-state index < -0.39 is 0 Å². The molecule has 1 aliphatic carbocycles. The lowest BCUT2D eigenvalue weighted by Gasteiger charge is -2.37. The third-order valence-corrected chi connectivity index (χ3v) is 4.20. The molecule has 0 spiro atoms. The molecule has 0 fully saturated rings. The average molecular weight is 248 g/mol. The van der Waals surface area contributed by atoms with Crippen LogP contribution in [-0.2, 0) is 11.2 Å². The first kappa shape index (κ1) is 13.5. The van der Waals surface area contributed by atoms with Gasteiger partial charge in [-0.2, -0.15) is 0 Å². The van der Waals surface area contributed by atoms with Crippen molar-refractivity contribution in [2.45, 2.75) is 50.7 Å². The zero-order valence-electron chi connectivity index (χ0n) is 11.6. The summed E-state index contributed by atoms with van der Waals surface area (Å²) in [6.45, 7) is 4.24. The Bertz CT molecular complexity index is 403. The van der Waals surface area contributed by atoms with Gasteiger partial charge in [-0.25, -0.2) is 0 Å². The van der Waals surface area contributed by atoms with Gasteiger partial charge < -0.3 is 4.74 Å². The van der Waals surface area contributed by atoms with Crippen LogP contribution in [0.15, 0.2) is 24.3 Å². The molecule has 2 unspecified atom stereocenters. The molecule has 3 heteroatoms. The fraction of sp³-hybridized carbons (Fsp3) is 0.600. The number of fused-ring (bicyclic) bond motifs is 1. The normalized spacial score (nSPS) is 20.1. The molecule has 0 bridgehead atoms. The van der Waals surface area contributed by atoms with Crippen molar-refractivity contribution in [3.63, 3.8) is 0 Å². The Morgan fingerprint density at radius 3 is 2.78 bits per heavy atom. The molecule has 0 amide bonds. The van der Waals surface area contributed by atoms with Gasteiger partial charge in [0.05, 0.1) is 5.60 Å². The van der Waals surface area contributed by atoms with E-state index in [1.165, 1.54) is 11.1 Å². The molecule has 1 aromatic carbocycles. The Balaban J connectivity index is 1.96. The zero-order valence-corrected chi connectivity index (χ0v) is 11.6. The first-order valence-corrected chi connectivity index (χ1v) is 6.66. The number of rotatable bonds is 6. The average Bonchev–Trinajstić information content (AvgIpc) is 2.35. The predicted molar refractivity (Wildman–Crippen MR) is 74.3 cm³/mol. The van der Waals surface area contributed by atoms with Crippen molar-refractivity contribution in [1.29, 1.82) is 0 Å². The quantitative estimate of drug-likeness (QED) is 0.600. The molecule has 0 radical (unpaired) electrons. The third kappa shape index (κ3) is 2.74. The van der Waals surface area contributed by atoms with Gasteiger partial charge in [0.2, 0.25) is 0 Å². The summed E-state index contributed by atoms with van der Waals surface area (Å²) in [5.41, 5.74) is 5.84. The van der Waals surface area contributed by atoms with Crippen molar-refractivity contribution in [2.24, 2.45) is 5.84 Å². The van der Waals surface area contributed by atoms with Gasteiger partial charge in [0.15, 0.2) is 0 Å². The first-order valence-electron chi connectivity index (χ1n) is 6.66. The Morgan fingerprint density at radius 2 is 2.17 bits per heavy atom. The number of hydrogen-bond acceptors (Lipinski definition) is 3. The molecule has 0 saturated heterocycles. The molecular formula is C15H24N2O. The largest absolute Gasteiger partial charge is 0.379 e. The summed E-state index contributed by atoms with van der Waals surface area (Å²) >= 11 is 0. The van der Waals surface area contributed by atoms with Gasteiger partial charge in [-0.05, 0) is 44.2 Å². The molecule has 0 heterocycles. The Kier molecular flexibility index (Phi) is 4.05. The maximum atomic E-state index is 5.72. The predicted octanol–water partition coefficient (Wildman–Crippen LogP) is 2.36. The maximum absolute atomic E-state index is 5.72. The lowest BCUT2D eigenvalue weighted by molar-refractivity contribution is 0.0108. The van der Waals surface area contributed by atoms with Crippen LogP contribution in [0.5, 0.6) is 0 Å². The Morgan fingerprint density at radius 1 is 1.44 bits per heavy atom. The summed E-state index contributed by atoms with van der Waals surface area (Å²) in [7, 11) is 1.77. The Labute approximate surface area is 110 Å². The molecule has 1 aromatic rings. The van der Waals surface area contributed by atoms with Gasteiger partial charge in [0, 0.05) is 19.1 Å².